The van der Waals surface area contributed by atoms with Gasteiger partial charge in [-0.25, -0.2) is 9.97 Å². The summed E-state index contributed by atoms with van der Waals surface area (Å²) in [6.45, 7) is 0.466. The van der Waals surface area contributed by atoms with Crippen molar-refractivity contribution in [2.45, 2.75) is 0 Å². The molecule has 23 heavy (non-hydrogen) atoms. The van der Waals surface area contributed by atoms with Gasteiger partial charge in [-0.2, -0.15) is 0 Å². The summed E-state index contributed by atoms with van der Waals surface area (Å²) in [6, 6.07) is 8.25. The molecule has 0 saturated heterocycles. The van der Waals surface area contributed by atoms with Crippen molar-refractivity contribution in [2.24, 2.45) is 0 Å². The molecule has 3 rings (SSSR count). The number of likely N-dealkylation sites (N-methyl/N-ethyl adjacent to an activating group) is 1. The predicted molar refractivity (Wildman–Crippen MR) is 86.3 cm³/mol. The summed E-state index contributed by atoms with van der Waals surface area (Å²) in [5.74, 6) is 0.692. The van der Waals surface area contributed by atoms with Crippen LogP contribution in [0.15, 0.2) is 36.7 Å². The van der Waals surface area contributed by atoms with Crippen LogP contribution in [0, 0.1) is 10.1 Å². The fourth-order valence-corrected chi connectivity index (χ4v) is 2.43. The summed E-state index contributed by atoms with van der Waals surface area (Å²) in [6.07, 6.45) is 1.44. The second kappa shape index (κ2) is 6.01. The second-order valence-corrected chi connectivity index (χ2v) is 5.10. The maximum atomic E-state index is 10.9. The summed E-state index contributed by atoms with van der Waals surface area (Å²) in [4.78, 5) is 23.9. The third-order valence-electron chi connectivity index (χ3n) is 3.57. The molecule has 0 aliphatic rings. The van der Waals surface area contributed by atoms with Gasteiger partial charge in [0.05, 0.1) is 16.9 Å². The molecule has 0 radical (unpaired) electrons. The minimum Gasteiger partial charge on any atom is -0.395 e. The van der Waals surface area contributed by atoms with Gasteiger partial charge < -0.3 is 15.0 Å². The number of non-ortho nitro benzene ring substituents is 1. The van der Waals surface area contributed by atoms with Crippen molar-refractivity contribution in [3.63, 3.8) is 0 Å². The molecule has 0 bridgehead atoms. The van der Waals surface area contributed by atoms with Crippen molar-refractivity contribution in [1.82, 2.24) is 15.0 Å². The van der Waals surface area contributed by atoms with Crippen LogP contribution in [-0.4, -0.2) is 45.2 Å². The normalized spacial score (nSPS) is 10.9. The van der Waals surface area contributed by atoms with Crippen LogP contribution in [0.25, 0.3) is 22.3 Å². The lowest BCUT2D eigenvalue weighted by atomic mass is 10.1. The molecule has 2 aromatic heterocycles. The molecule has 8 heteroatoms. The Labute approximate surface area is 131 Å². The SMILES string of the molecule is CN(CCO)c1ncnc2[nH]c(-c3cccc([N+](=O)[O-])c3)cc12. The Bertz CT molecular complexity index is 861. The van der Waals surface area contributed by atoms with Gasteiger partial charge in [0.1, 0.15) is 17.8 Å². The van der Waals surface area contributed by atoms with Gasteiger partial charge in [-0.05, 0) is 6.07 Å². The summed E-state index contributed by atoms with van der Waals surface area (Å²) < 4.78 is 0. The summed E-state index contributed by atoms with van der Waals surface area (Å²) in [5.41, 5.74) is 2.10. The van der Waals surface area contributed by atoms with E-state index in [1.807, 2.05) is 18.0 Å². The van der Waals surface area contributed by atoms with Gasteiger partial charge >= 0.3 is 0 Å². The van der Waals surface area contributed by atoms with E-state index < -0.39 is 4.92 Å². The first-order valence-electron chi connectivity index (χ1n) is 7.00. The summed E-state index contributed by atoms with van der Waals surface area (Å²) >= 11 is 0. The smallest absolute Gasteiger partial charge is 0.270 e. The zero-order valence-electron chi connectivity index (χ0n) is 12.4. The fourth-order valence-electron chi connectivity index (χ4n) is 2.43. The van der Waals surface area contributed by atoms with E-state index in [0.717, 1.165) is 11.1 Å². The highest BCUT2D eigenvalue weighted by Gasteiger charge is 2.14. The topological polar surface area (TPSA) is 108 Å². The van der Waals surface area contributed by atoms with Crippen LogP contribution >= 0.6 is 0 Å². The second-order valence-electron chi connectivity index (χ2n) is 5.10. The Kier molecular flexibility index (Phi) is 3.90. The molecule has 0 atom stereocenters. The van der Waals surface area contributed by atoms with Crippen LogP contribution in [-0.2, 0) is 0 Å². The standard InChI is InChI=1S/C15H15N5O3/c1-19(5-6-21)15-12-8-13(18-14(12)16-9-17-15)10-3-2-4-11(7-10)20(22)23/h2-4,7-9,21H,5-6H2,1H3,(H,16,17,18). The number of nitrogens with zero attached hydrogens (tertiary/aromatic N) is 4. The van der Waals surface area contributed by atoms with Crippen molar-refractivity contribution >= 4 is 22.5 Å². The van der Waals surface area contributed by atoms with E-state index in [2.05, 4.69) is 15.0 Å². The first-order valence-corrected chi connectivity index (χ1v) is 7.00. The van der Waals surface area contributed by atoms with Crippen LogP contribution in [0.1, 0.15) is 0 Å². The lowest BCUT2D eigenvalue weighted by molar-refractivity contribution is -0.384. The number of H-pyrrole nitrogens is 1. The monoisotopic (exact) mass is 313 g/mol. The van der Waals surface area contributed by atoms with E-state index in [9.17, 15) is 10.1 Å². The predicted octanol–water partition coefficient (Wildman–Crippen LogP) is 1.96. The Hall–Kier alpha value is -3.00. The number of nitro benzene ring substituents is 1. The lowest BCUT2D eigenvalue weighted by Gasteiger charge is -2.16. The van der Waals surface area contributed by atoms with E-state index in [4.69, 9.17) is 5.11 Å². The van der Waals surface area contributed by atoms with Crippen molar-refractivity contribution in [3.05, 3.63) is 46.8 Å². The van der Waals surface area contributed by atoms with E-state index >= 15 is 0 Å². The van der Waals surface area contributed by atoms with Gasteiger partial charge in [-0.1, -0.05) is 12.1 Å². The minimum atomic E-state index is -0.424. The largest absolute Gasteiger partial charge is 0.395 e. The van der Waals surface area contributed by atoms with Gasteiger partial charge in [0, 0.05) is 37.0 Å². The fraction of sp³-hybridized carbons (Fsp3) is 0.200. The zero-order valence-corrected chi connectivity index (χ0v) is 12.4. The number of aliphatic hydroxyl groups is 1. The molecule has 2 N–H and O–H groups in total. The average Bonchev–Trinajstić information content (AvgIpc) is 2.99. The van der Waals surface area contributed by atoms with Crippen molar-refractivity contribution in [3.8, 4) is 11.3 Å². The van der Waals surface area contributed by atoms with Crippen LogP contribution in [0.2, 0.25) is 0 Å². The maximum absolute atomic E-state index is 10.9. The third kappa shape index (κ3) is 2.84. The molecule has 2 heterocycles. The quantitative estimate of drug-likeness (QED) is 0.550. The van der Waals surface area contributed by atoms with Crippen LogP contribution < -0.4 is 4.90 Å². The molecule has 8 nitrogen and oxygen atoms in total. The number of aromatic nitrogens is 3. The number of hydrogen-bond acceptors (Lipinski definition) is 6. The molecule has 0 spiro atoms. The Morgan fingerprint density at radius 1 is 1.35 bits per heavy atom. The molecule has 0 aliphatic heterocycles. The van der Waals surface area contributed by atoms with E-state index in [1.54, 1.807) is 12.1 Å². The average molecular weight is 313 g/mol. The molecule has 0 saturated carbocycles. The van der Waals surface area contributed by atoms with Crippen molar-refractivity contribution in [1.29, 1.82) is 0 Å². The highest BCUT2D eigenvalue weighted by Crippen LogP contribution is 2.29. The minimum absolute atomic E-state index is 0.0180. The first kappa shape index (κ1) is 14.9. The van der Waals surface area contributed by atoms with Crippen LogP contribution in [0.5, 0.6) is 0 Å². The molecule has 1 aromatic carbocycles. The molecule has 3 aromatic rings. The number of nitrogens with one attached hydrogen (secondary N) is 1. The van der Waals surface area contributed by atoms with Gasteiger partial charge in [0.15, 0.2) is 0 Å². The lowest BCUT2D eigenvalue weighted by Crippen LogP contribution is -2.22. The highest BCUT2D eigenvalue weighted by molar-refractivity contribution is 5.91. The summed E-state index contributed by atoms with van der Waals surface area (Å²) in [5, 5.41) is 20.8. The number of anilines is 1. The van der Waals surface area contributed by atoms with Crippen LogP contribution in [0.3, 0.4) is 0 Å². The van der Waals surface area contributed by atoms with Crippen molar-refractivity contribution in [2.75, 3.05) is 25.1 Å². The zero-order chi connectivity index (χ0) is 16.4. The third-order valence-corrected chi connectivity index (χ3v) is 3.57. The number of fused-ring (bicyclic) bond motifs is 1. The van der Waals surface area contributed by atoms with Gasteiger partial charge in [0.2, 0.25) is 0 Å². The number of aliphatic hydroxyl groups excluding tert-OH is 1. The molecular formula is C15H15N5O3. The van der Waals surface area contributed by atoms with E-state index in [-0.39, 0.29) is 12.3 Å². The Morgan fingerprint density at radius 3 is 2.91 bits per heavy atom. The molecule has 0 fully saturated rings. The molecule has 0 amide bonds. The van der Waals surface area contributed by atoms with Crippen molar-refractivity contribution < 1.29 is 10.0 Å². The summed E-state index contributed by atoms with van der Waals surface area (Å²) in [7, 11) is 1.83. The first-order chi connectivity index (χ1) is 11.1. The molecule has 0 unspecified atom stereocenters. The number of rotatable bonds is 5. The Morgan fingerprint density at radius 2 is 2.17 bits per heavy atom. The van der Waals surface area contributed by atoms with E-state index in [0.29, 0.717) is 23.6 Å². The highest BCUT2D eigenvalue weighted by atomic mass is 16.6. The van der Waals surface area contributed by atoms with Crippen LogP contribution in [0.4, 0.5) is 11.5 Å². The molecular weight excluding hydrogens is 298 g/mol. The molecule has 118 valence electrons. The number of nitro groups is 1. The number of aromatic amines is 1. The van der Waals surface area contributed by atoms with E-state index in [1.165, 1.54) is 18.5 Å². The number of benzene rings is 1. The maximum Gasteiger partial charge on any atom is 0.270 e. The van der Waals surface area contributed by atoms with Gasteiger partial charge in [-0.3, -0.25) is 10.1 Å². The van der Waals surface area contributed by atoms with Gasteiger partial charge in [0.25, 0.3) is 5.69 Å². The molecule has 0 aliphatic carbocycles. The van der Waals surface area contributed by atoms with Gasteiger partial charge in [-0.15, -0.1) is 0 Å². The Balaban J connectivity index is 2.08. The number of hydrogen-bond donors (Lipinski definition) is 2.